The third kappa shape index (κ3) is 3.19. The molecule has 0 N–H and O–H groups in total. The van der Waals surface area contributed by atoms with Gasteiger partial charge in [0.05, 0.1) is 12.7 Å². The molecule has 3 rings (SSSR count). The molecule has 0 aliphatic carbocycles. The summed E-state index contributed by atoms with van der Waals surface area (Å²) < 4.78 is 59.2. The van der Waals surface area contributed by atoms with Gasteiger partial charge in [0.25, 0.3) is 0 Å². The molecule has 0 saturated carbocycles. The molecule has 1 heterocycles. The van der Waals surface area contributed by atoms with Gasteiger partial charge in [-0.1, -0.05) is 30.3 Å². The van der Waals surface area contributed by atoms with Crippen molar-refractivity contribution in [3.63, 3.8) is 0 Å². The highest BCUT2D eigenvalue weighted by molar-refractivity contribution is 7.89. The lowest BCUT2D eigenvalue weighted by Crippen LogP contribution is -2.38. The first-order valence-corrected chi connectivity index (χ1v) is 8.92. The third-order valence-electron chi connectivity index (χ3n) is 4.09. The molecule has 1 atom stereocenters. The fraction of sp³-hybridized carbons (Fsp3) is 0.294. The summed E-state index contributed by atoms with van der Waals surface area (Å²) in [5, 5.41) is 0. The van der Waals surface area contributed by atoms with E-state index in [0.29, 0.717) is 13.0 Å². The van der Waals surface area contributed by atoms with Gasteiger partial charge in [-0.3, -0.25) is 0 Å². The summed E-state index contributed by atoms with van der Waals surface area (Å²) in [7, 11) is -2.98. The van der Waals surface area contributed by atoms with Crippen molar-refractivity contribution in [1.29, 1.82) is 0 Å². The molecule has 128 valence electrons. The Morgan fingerprint density at radius 3 is 2.38 bits per heavy atom. The number of likely N-dealkylation sites (N-methyl/N-ethyl adjacent to an activating group) is 1. The monoisotopic (exact) mass is 353 g/mol. The molecule has 0 amide bonds. The lowest BCUT2D eigenvalue weighted by atomic mass is 9.99. The zero-order valence-electron chi connectivity index (χ0n) is 13.1. The van der Waals surface area contributed by atoms with Gasteiger partial charge in [0.1, 0.15) is 11.6 Å². The molecule has 0 aromatic heterocycles. The van der Waals surface area contributed by atoms with Gasteiger partial charge in [0, 0.05) is 20.0 Å². The Hall–Kier alpha value is -1.83. The topological polar surface area (TPSA) is 46.6 Å². The minimum atomic E-state index is -4.27. The van der Waals surface area contributed by atoms with Crippen LogP contribution >= 0.6 is 0 Å². The molecule has 1 aliphatic heterocycles. The van der Waals surface area contributed by atoms with Crippen LogP contribution in [0.3, 0.4) is 0 Å². The Kier molecular flexibility index (Phi) is 4.67. The maximum Gasteiger partial charge on any atom is 0.248 e. The molecule has 4 nitrogen and oxygen atoms in total. The zero-order chi connectivity index (χ0) is 17.3. The van der Waals surface area contributed by atoms with Crippen LogP contribution in [-0.2, 0) is 27.8 Å². The largest absolute Gasteiger partial charge is 0.372 e. The van der Waals surface area contributed by atoms with Crippen molar-refractivity contribution in [3.8, 4) is 0 Å². The first kappa shape index (κ1) is 17.0. The van der Waals surface area contributed by atoms with Gasteiger partial charge >= 0.3 is 0 Å². The molecule has 2 aromatic rings. The van der Waals surface area contributed by atoms with Crippen molar-refractivity contribution in [2.75, 3.05) is 13.6 Å². The van der Waals surface area contributed by atoms with Gasteiger partial charge in [-0.2, -0.15) is 4.31 Å². The van der Waals surface area contributed by atoms with Crippen LogP contribution < -0.4 is 0 Å². The molecule has 1 aliphatic rings. The smallest absolute Gasteiger partial charge is 0.248 e. The van der Waals surface area contributed by atoms with E-state index in [9.17, 15) is 17.2 Å². The molecule has 24 heavy (non-hydrogen) atoms. The first-order valence-electron chi connectivity index (χ1n) is 7.48. The summed E-state index contributed by atoms with van der Waals surface area (Å²) in [5.41, 5.74) is 2.16. The molecular weight excluding hydrogens is 336 g/mol. The van der Waals surface area contributed by atoms with Crippen LogP contribution in [-0.4, -0.2) is 32.4 Å². The molecule has 0 saturated heterocycles. The van der Waals surface area contributed by atoms with Crippen molar-refractivity contribution < 1.29 is 21.9 Å². The lowest BCUT2D eigenvalue weighted by molar-refractivity contribution is 0.0202. The number of sulfonamides is 1. The van der Waals surface area contributed by atoms with Crippen LogP contribution in [0.25, 0.3) is 0 Å². The van der Waals surface area contributed by atoms with E-state index in [1.54, 1.807) is 0 Å². The van der Waals surface area contributed by atoms with Crippen molar-refractivity contribution in [2.24, 2.45) is 0 Å². The van der Waals surface area contributed by atoms with E-state index in [2.05, 4.69) is 0 Å². The summed E-state index contributed by atoms with van der Waals surface area (Å²) in [5.74, 6) is -2.20. The number of rotatable bonds is 4. The predicted octanol–water partition coefficient (Wildman–Crippen LogP) is 2.73. The van der Waals surface area contributed by atoms with Gasteiger partial charge in [0.15, 0.2) is 4.90 Å². The Bertz CT molecular complexity index is 834. The van der Waals surface area contributed by atoms with Gasteiger partial charge in [-0.25, -0.2) is 17.2 Å². The van der Waals surface area contributed by atoms with Gasteiger partial charge in [-0.05, 0) is 23.3 Å². The number of fused-ring (bicyclic) bond motifs is 1. The second-order valence-electron chi connectivity index (χ2n) is 5.74. The standard InChI is InChI=1S/C17H17F2NO3S/c1-20(24(21,22)17-15(18)7-4-8-16(17)19)10-14-9-12-5-2-3-6-13(12)11-23-14/h2-8,14H,9-11H2,1H3. The number of halogens is 2. The van der Waals surface area contributed by atoms with Crippen molar-refractivity contribution in [3.05, 3.63) is 65.2 Å². The van der Waals surface area contributed by atoms with Gasteiger partial charge in [0.2, 0.25) is 10.0 Å². The third-order valence-corrected chi connectivity index (χ3v) is 5.96. The highest BCUT2D eigenvalue weighted by atomic mass is 32.2. The van der Waals surface area contributed by atoms with Crippen LogP contribution in [0, 0.1) is 11.6 Å². The molecule has 1 unspecified atom stereocenters. The molecule has 0 fully saturated rings. The van der Waals surface area contributed by atoms with E-state index in [4.69, 9.17) is 4.74 Å². The minimum absolute atomic E-state index is 0.0183. The second kappa shape index (κ2) is 6.58. The Morgan fingerprint density at radius 2 is 1.71 bits per heavy atom. The van der Waals surface area contributed by atoms with Crippen LogP contribution in [0.2, 0.25) is 0 Å². The van der Waals surface area contributed by atoms with E-state index in [-0.39, 0.29) is 12.6 Å². The number of nitrogens with zero attached hydrogens (tertiary/aromatic N) is 1. The Morgan fingerprint density at radius 1 is 1.08 bits per heavy atom. The van der Waals surface area contributed by atoms with Crippen molar-refractivity contribution in [2.45, 2.75) is 24.0 Å². The van der Waals surface area contributed by atoms with Gasteiger partial charge in [-0.15, -0.1) is 0 Å². The van der Waals surface area contributed by atoms with Gasteiger partial charge < -0.3 is 4.74 Å². The quantitative estimate of drug-likeness (QED) is 0.849. The van der Waals surface area contributed by atoms with Crippen molar-refractivity contribution >= 4 is 10.0 Å². The number of ether oxygens (including phenoxy) is 1. The van der Waals surface area contributed by atoms with E-state index in [1.165, 1.54) is 7.05 Å². The lowest BCUT2D eigenvalue weighted by Gasteiger charge is -2.28. The minimum Gasteiger partial charge on any atom is -0.372 e. The van der Waals surface area contributed by atoms with E-state index in [1.807, 2.05) is 24.3 Å². The number of hydrogen-bond acceptors (Lipinski definition) is 3. The summed E-state index contributed by atoms with van der Waals surface area (Å²) in [6.45, 7) is 0.410. The predicted molar refractivity (Wildman–Crippen MR) is 84.9 cm³/mol. The second-order valence-corrected chi connectivity index (χ2v) is 7.72. The molecule has 0 spiro atoms. The van der Waals surface area contributed by atoms with Crippen LogP contribution in [0.15, 0.2) is 47.4 Å². The average molecular weight is 353 g/mol. The molecule has 2 aromatic carbocycles. The maximum absolute atomic E-state index is 13.8. The number of benzene rings is 2. The molecule has 7 heteroatoms. The summed E-state index contributed by atoms with van der Waals surface area (Å²) in [6.07, 6.45) is 0.185. The maximum atomic E-state index is 13.8. The average Bonchev–Trinajstić information content (AvgIpc) is 2.54. The highest BCUT2D eigenvalue weighted by Gasteiger charge is 2.31. The zero-order valence-corrected chi connectivity index (χ0v) is 13.9. The fourth-order valence-electron chi connectivity index (χ4n) is 2.80. The molecule has 0 radical (unpaired) electrons. The SMILES string of the molecule is CN(CC1Cc2ccccc2CO1)S(=O)(=O)c1c(F)cccc1F. The normalized spacial score (nSPS) is 17.8. The summed E-state index contributed by atoms with van der Waals surface area (Å²) >= 11 is 0. The van der Waals surface area contributed by atoms with E-state index < -0.39 is 26.6 Å². The highest BCUT2D eigenvalue weighted by Crippen LogP contribution is 2.25. The van der Waals surface area contributed by atoms with E-state index >= 15 is 0 Å². The number of hydrogen-bond donors (Lipinski definition) is 0. The first-order chi connectivity index (χ1) is 11.4. The van der Waals surface area contributed by atoms with Crippen LogP contribution in [0.4, 0.5) is 8.78 Å². The van der Waals surface area contributed by atoms with Crippen LogP contribution in [0.1, 0.15) is 11.1 Å². The van der Waals surface area contributed by atoms with E-state index in [0.717, 1.165) is 33.6 Å². The Labute approximate surface area is 139 Å². The Balaban J connectivity index is 1.79. The molecule has 0 bridgehead atoms. The fourth-order valence-corrected chi connectivity index (χ4v) is 4.10. The van der Waals surface area contributed by atoms with Crippen molar-refractivity contribution in [1.82, 2.24) is 4.31 Å². The summed E-state index contributed by atoms with van der Waals surface area (Å²) in [6, 6.07) is 10.7. The van der Waals surface area contributed by atoms with Crippen LogP contribution in [0.5, 0.6) is 0 Å². The molecular formula is C17H17F2NO3S. The summed E-state index contributed by atoms with van der Waals surface area (Å²) in [4.78, 5) is -0.927.